The maximum absolute atomic E-state index is 12.0. The van der Waals surface area contributed by atoms with E-state index in [-0.39, 0.29) is 5.91 Å². The van der Waals surface area contributed by atoms with Crippen molar-refractivity contribution in [1.82, 2.24) is 4.98 Å². The van der Waals surface area contributed by atoms with Crippen molar-refractivity contribution in [2.75, 3.05) is 24.8 Å². The Morgan fingerprint density at radius 3 is 2.74 bits per heavy atom. The molecule has 5 heteroatoms. The Morgan fingerprint density at radius 2 is 2.00 bits per heavy atom. The van der Waals surface area contributed by atoms with Crippen LogP contribution in [0.5, 0.6) is 5.75 Å². The number of anilines is 2. The first-order chi connectivity index (χ1) is 9.22. The van der Waals surface area contributed by atoms with Crippen LogP contribution < -0.4 is 15.4 Å². The number of rotatable bonds is 4. The molecule has 0 atom stereocenters. The van der Waals surface area contributed by atoms with Crippen LogP contribution in [-0.4, -0.2) is 25.0 Å². The molecule has 0 aliphatic rings. The smallest absolute Gasteiger partial charge is 0.274 e. The molecule has 5 nitrogen and oxygen atoms in total. The van der Waals surface area contributed by atoms with Crippen LogP contribution in [0, 0.1) is 0 Å². The summed E-state index contributed by atoms with van der Waals surface area (Å²) >= 11 is 0. The van der Waals surface area contributed by atoms with Gasteiger partial charge in [-0.05, 0) is 24.3 Å². The molecule has 19 heavy (non-hydrogen) atoms. The lowest BCUT2D eigenvalue weighted by molar-refractivity contribution is 0.102. The highest BCUT2D eigenvalue weighted by Crippen LogP contribution is 2.17. The minimum absolute atomic E-state index is 0.259. The summed E-state index contributed by atoms with van der Waals surface area (Å²) in [5, 5.41) is 5.67. The zero-order valence-corrected chi connectivity index (χ0v) is 10.8. The topological polar surface area (TPSA) is 63.2 Å². The minimum atomic E-state index is -0.259. The van der Waals surface area contributed by atoms with Gasteiger partial charge in [-0.25, -0.2) is 4.98 Å². The average molecular weight is 257 g/mol. The molecular formula is C14H15N3O2. The molecule has 1 amide bonds. The molecule has 2 N–H and O–H groups in total. The van der Waals surface area contributed by atoms with Crippen molar-refractivity contribution in [3.05, 3.63) is 48.2 Å². The van der Waals surface area contributed by atoms with E-state index < -0.39 is 0 Å². The van der Waals surface area contributed by atoms with Crippen LogP contribution in [0.4, 0.5) is 11.5 Å². The zero-order chi connectivity index (χ0) is 13.7. The highest BCUT2D eigenvalue weighted by atomic mass is 16.5. The largest absolute Gasteiger partial charge is 0.497 e. The summed E-state index contributed by atoms with van der Waals surface area (Å²) in [4.78, 5) is 16.2. The molecule has 0 saturated carbocycles. The van der Waals surface area contributed by atoms with Crippen molar-refractivity contribution >= 4 is 17.4 Å². The van der Waals surface area contributed by atoms with Crippen molar-refractivity contribution in [3.8, 4) is 5.75 Å². The summed E-state index contributed by atoms with van der Waals surface area (Å²) in [6.45, 7) is 0. The number of hydrogen-bond donors (Lipinski definition) is 2. The molecule has 0 saturated heterocycles. The van der Waals surface area contributed by atoms with Gasteiger partial charge in [0.1, 0.15) is 17.3 Å². The molecule has 98 valence electrons. The Labute approximate surface area is 111 Å². The van der Waals surface area contributed by atoms with Crippen LogP contribution in [0.15, 0.2) is 42.5 Å². The van der Waals surface area contributed by atoms with E-state index in [1.807, 2.05) is 12.1 Å². The van der Waals surface area contributed by atoms with Gasteiger partial charge in [0.05, 0.1) is 7.11 Å². The molecule has 0 radical (unpaired) electrons. The van der Waals surface area contributed by atoms with E-state index in [0.29, 0.717) is 22.9 Å². The minimum Gasteiger partial charge on any atom is -0.497 e. The normalized spacial score (nSPS) is 9.79. The van der Waals surface area contributed by atoms with Crippen LogP contribution in [-0.2, 0) is 0 Å². The lowest BCUT2D eigenvalue weighted by Gasteiger charge is -2.07. The Balaban J connectivity index is 2.15. The number of amides is 1. The monoisotopic (exact) mass is 257 g/mol. The van der Waals surface area contributed by atoms with Gasteiger partial charge < -0.3 is 15.4 Å². The highest BCUT2D eigenvalue weighted by molar-refractivity contribution is 6.03. The van der Waals surface area contributed by atoms with Crippen LogP contribution in [0.2, 0.25) is 0 Å². The second-order valence-electron chi connectivity index (χ2n) is 3.84. The fraction of sp³-hybridized carbons (Fsp3) is 0.143. The Kier molecular flexibility index (Phi) is 3.97. The quantitative estimate of drug-likeness (QED) is 0.882. The van der Waals surface area contributed by atoms with Crippen molar-refractivity contribution in [2.45, 2.75) is 0 Å². The van der Waals surface area contributed by atoms with Gasteiger partial charge in [0.2, 0.25) is 0 Å². The lowest BCUT2D eigenvalue weighted by atomic mass is 10.2. The van der Waals surface area contributed by atoms with E-state index in [2.05, 4.69) is 15.6 Å². The first-order valence-electron chi connectivity index (χ1n) is 5.83. The number of carbonyl (C=O) groups is 1. The van der Waals surface area contributed by atoms with Gasteiger partial charge in [0.15, 0.2) is 0 Å². The predicted molar refractivity (Wildman–Crippen MR) is 74.7 cm³/mol. The van der Waals surface area contributed by atoms with E-state index in [1.54, 1.807) is 44.5 Å². The predicted octanol–water partition coefficient (Wildman–Crippen LogP) is 2.38. The maximum atomic E-state index is 12.0. The first-order valence-corrected chi connectivity index (χ1v) is 5.83. The standard InChI is InChI=1S/C14H15N3O2/c1-15-13-8-4-7-12(17-13)14(18)16-10-5-3-6-11(9-10)19-2/h3-9H,1-2H3,(H,15,17)(H,16,18). The van der Waals surface area contributed by atoms with Crippen LogP contribution in [0.1, 0.15) is 10.5 Å². The molecular weight excluding hydrogens is 242 g/mol. The van der Waals surface area contributed by atoms with E-state index in [0.717, 1.165) is 0 Å². The Bertz CT molecular complexity index is 584. The van der Waals surface area contributed by atoms with Gasteiger partial charge in [0.25, 0.3) is 5.91 Å². The lowest BCUT2D eigenvalue weighted by Crippen LogP contribution is -2.14. The van der Waals surface area contributed by atoms with Crippen molar-refractivity contribution in [1.29, 1.82) is 0 Å². The third-order valence-corrected chi connectivity index (χ3v) is 2.57. The number of pyridine rings is 1. The maximum Gasteiger partial charge on any atom is 0.274 e. The van der Waals surface area contributed by atoms with Gasteiger partial charge in [-0.1, -0.05) is 12.1 Å². The number of aromatic nitrogens is 1. The van der Waals surface area contributed by atoms with Gasteiger partial charge in [-0.3, -0.25) is 4.79 Å². The summed E-state index contributed by atoms with van der Waals surface area (Å²) < 4.78 is 5.10. The SMILES string of the molecule is CNc1cccc(C(=O)Nc2cccc(OC)c2)n1. The zero-order valence-electron chi connectivity index (χ0n) is 10.8. The second kappa shape index (κ2) is 5.86. The van der Waals surface area contributed by atoms with Gasteiger partial charge >= 0.3 is 0 Å². The Hall–Kier alpha value is -2.56. The molecule has 0 fully saturated rings. The molecule has 0 aliphatic heterocycles. The molecule has 0 bridgehead atoms. The fourth-order valence-electron chi connectivity index (χ4n) is 1.60. The number of nitrogens with one attached hydrogen (secondary N) is 2. The summed E-state index contributed by atoms with van der Waals surface area (Å²) in [5.74, 6) is 1.08. The summed E-state index contributed by atoms with van der Waals surface area (Å²) in [7, 11) is 3.34. The Morgan fingerprint density at radius 1 is 1.21 bits per heavy atom. The number of benzene rings is 1. The molecule has 2 rings (SSSR count). The van der Waals surface area contributed by atoms with E-state index in [9.17, 15) is 4.79 Å². The van der Waals surface area contributed by atoms with E-state index in [4.69, 9.17) is 4.74 Å². The third-order valence-electron chi connectivity index (χ3n) is 2.57. The molecule has 0 aliphatic carbocycles. The molecule has 0 spiro atoms. The van der Waals surface area contributed by atoms with Crippen LogP contribution >= 0.6 is 0 Å². The van der Waals surface area contributed by atoms with Crippen molar-refractivity contribution in [2.24, 2.45) is 0 Å². The number of methoxy groups -OCH3 is 1. The van der Waals surface area contributed by atoms with E-state index >= 15 is 0 Å². The number of ether oxygens (including phenoxy) is 1. The molecule has 1 aromatic carbocycles. The fourth-order valence-corrected chi connectivity index (χ4v) is 1.60. The molecule has 1 heterocycles. The first kappa shape index (κ1) is 12.9. The number of nitrogens with zero attached hydrogens (tertiary/aromatic N) is 1. The highest BCUT2D eigenvalue weighted by Gasteiger charge is 2.08. The third kappa shape index (κ3) is 3.22. The molecule has 2 aromatic rings. The van der Waals surface area contributed by atoms with Crippen LogP contribution in [0.25, 0.3) is 0 Å². The van der Waals surface area contributed by atoms with Crippen molar-refractivity contribution < 1.29 is 9.53 Å². The second-order valence-corrected chi connectivity index (χ2v) is 3.84. The van der Waals surface area contributed by atoms with Crippen molar-refractivity contribution in [3.63, 3.8) is 0 Å². The number of hydrogen-bond acceptors (Lipinski definition) is 4. The average Bonchev–Trinajstić information content (AvgIpc) is 2.47. The van der Waals surface area contributed by atoms with Crippen LogP contribution in [0.3, 0.4) is 0 Å². The summed E-state index contributed by atoms with van der Waals surface area (Å²) in [5.41, 5.74) is 1.02. The van der Waals surface area contributed by atoms with Gasteiger partial charge in [0, 0.05) is 18.8 Å². The molecule has 0 unspecified atom stereocenters. The molecule has 1 aromatic heterocycles. The van der Waals surface area contributed by atoms with E-state index in [1.165, 1.54) is 0 Å². The summed E-state index contributed by atoms with van der Waals surface area (Å²) in [6.07, 6.45) is 0. The number of carbonyl (C=O) groups excluding carboxylic acids is 1. The summed E-state index contributed by atoms with van der Waals surface area (Å²) in [6, 6.07) is 12.4. The van der Waals surface area contributed by atoms with Gasteiger partial charge in [-0.2, -0.15) is 0 Å². The van der Waals surface area contributed by atoms with Gasteiger partial charge in [-0.15, -0.1) is 0 Å².